The monoisotopic (exact) mass is 348 g/mol. The molecule has 1 aromatic rings. The standard InChI is InChI=1S/C16H22F2N2O2.ClH/c1-3-16(19,4-2)10-20-15(22)8-7-14(21)12-6-5-11(17)9-13(12)18;/h5-6,9H,3-4,7-8,10,19H2,1-2H3,(H,20,22);1H. The predicted molar refractivity (Wildman–Crippen MR) is 87.7 cm³/mol. The van der Waals surface area contributed by atoms with Crippen LogP contribution in [0.5, 0.6) is 0 Å². The van der Waals surface area contributed by atoms with E-state index >= 15 is 0 Å². The normalized spacial score (nSPS) is 10.8. The highest BCUT2D eigenvalue weighted by atomic mass is 35.5. The van der Waals surface area contributed by atoms with Gasteiger partial charge in [-0.05, 0) is 25.0 Å². The summed E-state index contributed by atoms with van der Waals surface area (Å²) in [6, 6.07) is 2.75. The highest BCUT2D eigenvalue weighted by molar-refractivity contribution is 5.98. The quantitative estimate of drug-likeness (QED) is 0.709. The van der Waals surface area contributed by atoms with Crippen molar-refractivity contribution >= 4 is 24.1 Å². The number of ketones is 1. The first-order chi connectivity index (χ1) is 10.3. The summed E-state index contributed by atoms with van der Waals surface area (Å²) >= 11 is 0. The molecule has 1 amide bonds. The first-order valence-electron chi connectivity index (χ1n) is 7.35. The Morgan fingerprint density at radius 1 is 1.17 bits per heavy atom. The second-order valence-electron chi connectivity index (χ2n) is 5.39. The van der Waals surface area contributed by atoms with E-state index in [4.69, 9.17) is 5.73 Å². The summed E-state index contributed by atoms with van der Waals surface area (Å²) < 4.78 is 26.2. The molecule has 0 unspecified atom stereocenters. The van der Waals surface area contributed by atoms with Crippen molar-refractivity contribution in [1.82, 2.24) is 5.32 Å². The molecule has 1 rings (SSSR count). The molecule has 23 heavy (non-hydrogen) atoms. The van der Waals surface area contributed by atoms with Crippen LogP contribution in [0.15, 0.2) is 18.2 Å². The smallest absolute Gasteiger partial charge is 0.220 e. The summed E-state index contributed by atoms with van der Waals surface area (Å²) in [6.45, 7) is 4.21. The molecule has 0 aromatic heterocycles. The third-order valence-electron chi connectivity index (χ3n) is 3.86. The Morgan fingerprint density at radius 2 is 1.78 bits per heavy atom. The number of carbonyl (C=O) groups excluding carboxylic acids is 2. The molecule has 0 aliphatic heterocycles. The van der Waals surface area contributed by atoms with Crippen LogP contribution in [-0.4, -0.2) is 23.8 Å². The van der Waals surface area contributed by atoms with Gasteiger partial charge in [0.25, 0.3) is 0 Å². The van der Waals surface area contributed by atoms with Crippen LogP contribution < -0.4 is 11.1 Å². The minimum absolute atomic E-state index is 0. The largest absolute Gasteiger partial charge is 0.354 e. The van der Waals surface area contributed by atoms with Crippen LogP contribution in [0.4, 0.5) is 8.78 Å². The van der Waals surface area contributed by atoms with Crippen molar-refractivity contribution < 1.29 is 18.4 Å². The lowest BCUT2D eigenvalue weighted by Crippen LogP contribution is -2.49. The number of benzene rings is 1. The first kappa shape index (κ1) is 21.5. The van der Waals surface area contributed by atoms with E-state index in [-0.39, 0.29) is 36.7 Å². The number of amides is 1. The second-order valence-corrected chi connectivity index (χ2v) is 5.39. The predicted octanol–water partition coefficient (Wildman–Crippen LogP) is 2.98. The van der Waals surface area contributed by atoms with Gasteiger partial charge in [-0.2, -0.15) is 0 Å². The zero-order valence-electron chi connectivity index (χ0n) is 13.3. The van der Waals surface area contributed by atoms with E-state index in [0.717, 1.165) is 25.0 Å². The van der Waals surface area contributed by atoms with Crippen molar-refractivity contribution in [2.24, 2.45) is 5.73 Å². The van der Waals surface area contributed by atoms with Crippen LogP contribution in [0.1, 0.15) is 49.9 Å². The van der Waals surface area contributed by atoms with Crippen LogP contribution in [0.2, 0.25) is 0 Å². The van der Waals surface area contributed by atoms with E-state index in [1.165, 1.54) is 0 Å². The molecule has 1 aromatic carbocycles. The summed E-state index contributed by atoms with van der Waals surface area (Å²) in [5, 5.41) is 2.69. The Balaban J connectivity index is 0.00000484. The van der Waals surface area contributed by atoms with E-state index in [1.807, 2.05) is 13.8 Å². The van der Waals surface area contributed by atoms with Crippen LogP contribution in [-0.2, 0) is 4.79 Å². The van der Waals surface area contributed by atoms with Gasteiger partial charge >= 0.3 is 0 Å². The summed E-state index contributed by atoms with van der Waals surface area (Å²) in [7, 11) is 0. The highest BCUT2D eigenvalue weighted by Gasteiger charge is 2.21. The van der Waals surface area contributed by atoms with Crippen molar-refractivity contribution in [3.05, 3.63) is 35.4 Å². The Labute approximate surface area is 141 Å². The average molecular weight is 349 g/mol. The molecular formula is C16H23ClF2N2O2. The summed E-state index contributed by atoms with van der Waals surface area (Å²) in [4.78, 5) is 23.6. The molecule has 130 valence electrons. The lowest BCUT2D eigenvalue weighted by molar-refractivity contribution is -0.121. The van der Waals surface area contributed by atoms with Crippen LogP contribution in [0, 0.1) is 11.6 Å². The zero-order chi connectivity index (χ0) is 16.8. The van der Waals surface area contributed by atoms with Gasteiger partial charge in [0.2, 0.25) is 5.91 Å². The van der Waals surface area contributed by atoms with Gasteiger partial charge in [0.15, 0.2) is 5.78 Å². The van der Waals surface area contributed by atoms with Crippen molar-refractivity contribution in [2.75, 3.05) is 6.54 Å². The molecule has 4 nitrogen and oxygen atoms in total. The number of nitrogens with one attached hydrogen (secondary N) is 1. The molecule has 0 fully saturated rings. The Kier molecular flexibility index (Phi) is 8.94. The molecule has 0 atom stereocenters. The molecule has 0 aliphatic rings. The van der Waals surface area contributed by atoms with E-state index in [1.54, 1.807) is 0 Å². The topological polar surface area (TPSA) is 72.2 Å². The molecular weight excluding hydrogens is 326 g/mol. The van der Waals surface area contributed by atoms with E-state index in [2.05, 4.69) is 5.32 Å². The van der Waals surface area contributed by atoms with Crippen molar-refractivity contribution in [1.29, 1.82) is 0 Å². The number of hydrogen-bond donors (Lipinski definition) is 2. The van der Waals surface area contributed by atoms with Gasteiger partial charge in [-0.15, -0.1) is 12.4 Å². The lowest BCUT2D eigenvalue weighted by Gasteiger charge is -2.26. The third kappa shape index (κ3) is 6.62. The maximum absolute atomic E-state index is 13.4. The Hall–Kier alpha value is -1.53. The minimum Gasteiger partial charge on any atom is -0.354 e. The van der Waals surface area contributed by atoms with Crippen molar-refractivity contribution in [3.8, 4) is 0 Å². The molecule has 0 saturated carbocycles. The average Bonchev–Trinajstić information content (AvgIpc) is 2.50. The van der Waals surface area contributed by atoms with E-state index < -0.39 is 23.0 Å². The molecule has 3 N–H and O–H groups in total. The van der Waals surface area contributed by atoms with Gasteiger partial charge in [0, 0.05) is 31.0 Å². The molecule has 0 aliphatic carbocycles. The van der Waals surface area contributed by atoms with Gasteiger partial charge < -0.3 is 11.1 Å². The number of Topliss-reactive ketones (excluding diaryl/α,β-unsaturated/α-hetero) is 1. The maximum Gasteiger partial charge on any atom is 0.220 e. The second kappa shape index (κ2) is 9.57. The Bertz CT molecular complexity index is 549. The maximum atomic E-state index is 13.4. The van der Waals surface area contributed by atoms with Crippen LogP contribution in [0.25, 0.3) is 0 Å². The lowest BCUT2D eigenvalue weighted by atomic mass is 9.94. The highest BCUT2D eigenvalue weighted by Crippen LogP contribution is 2.13. The summed E-state index contributed by atoms with van der Waals surface area (Å²) in [5.74, 6) is -2.50. The number of carbonyl (C=O) groups is 2. The van der Waals surface area contributed by atoms with E-state index in [9.17, 15) is 18.4 Å². The van der Waals surface area contributed by atoms with Crippen molar-refractivity contribution in [2.45, 2.75) is 45.1 Å². The molecule has 0 saturated heterocycles. The minimum atomic E-state index is -0.914. The van der Waals surface area contributed by atoms with E-state index in [0.29, 0.717) is 12.6 Å². The third-order valence-corrected chi connectivity index (χ3v) is 3.86. The van der Waals surface area contributed by atoms with Gasteiger partial charge in [-0.3, -0.25) is 9.59 Å². The van der Waals surface area contributed by atoms with Crippen molar-refractivity contribution in [3.63, 3.8) is 0 Å². The molecule has 0 heterocycles. The fourth-order valence-electron chi connectivity index (χ4n) is 1.94. The first-order valence-corrected chi connectivity index (χ1v) is 7.35. The SMILES string of the molecule is CCC(N)(CC)CNC(=O)CCC(=O)c1ccc(F)cc1F.Cl. The van der Waals surface area contributed by atoms with Crippen LogP contribution in [0.3, 0.4) is 0 Å². The molecule has 0 spiro atoms. The summed E-state index contributed by atoms with van der Waals surface area (Å²) in [6.07, 6.45) is 1.26. The number of hydrogen-bond acceptors (Lipinski definition) is 3. The molecule has 0 bridgehead atoms. The number of halogens is 3. The zero-order valence-corrected chi connectivity index (χ0v) is 14.1. The van der Waals surface area contributed by atoms with Gasteiger partial charge in [-0.1, -0.05) is 13.8 Å². The van der Waals surface area contributed by atoms with Gasteiger partial charge in [-0.25, -0.2) is 8.78 Å². The Morgan fingerprint density at radius 3 is 2.30 bits per heavy atom. The fourth-order valence-corrected chi connectivity index (χ4v) is 1.94. The number of rotatable bonds is 8. The number of nitrogens with two attached hydrogens (primary N) is 1. The fraction of sp³-hybridized carbons (Fsp3) is 0.500. The summed E-state index contributed by atoms with van der Waals surface area (Å²) in [5.41, 5.74) is 5.40. The molecule has 7 heteroatoms. The molecule has 0 radical (unpaired) electrons. The van der Waals surface area contributed by atoms with Gasteiger partial charge in [0.1, 0.15) is 11.6 Å². The van der Waals surface area contributed by atoms with Crippen LogP contribution >= 0.6 is 12.4 Å². The van der Waals surface area contributed by atoms with Gasteiger partial charge in [0.05, 0.1) is 5.56 Å².